The molecule has 0 spiro atoms. The number of rotatable bonds is 5. The first kappa shape index (κ1) is 16.3. The molecule has 0 heterocycles. The lowest BCUT2D eigenvalue weighted by atomic mass is 9.77. The summed E-state index contributed by atoms with van der Waals surface area (Å²) in [5.41, 5.74) is 0.578. The van der Waals surface area contributed by atoms with Crippen molar-refractivity contribution in [2.45, 2.75) is 51.0 Å². The monoisotopic (exact) mass is 309 g/mol. The molecule has 0 aliphatic heterocycles. The van der Waals surface area contributed by atoms with Gasteiger partial charge in [-0.15, -0.1) is 0 Å². The van der Waals surface area contributed by atoms with Crippen LogP contribution in [0.5, 0.6) is 0 Å². The van der Waals surface area contributed by atoms with E-state index in [4.69, 9.17) is 11.6 Å². The zero-order valence-electron chi connectivity index (χ0n) is 12.6. The number of halogens is 1. The van der Waals surface area contributed by atoms with Crippen molar-refractivity contribution in [1.82, 2.24) is 5.32 Å². The third-order valence-electron chi connectivity index (χ3n) is 4.52. The molecule has 1 fully saturated rings. The van der Waals surface area contributed by atoms with Crippen molar-refractivity contribution < 1.29 is 9.90 Å². The molecule has 1 saturated carbocycles. The molecule has 2 N–H and O–H groups in total. The van der Waals surface area contributed by atoms with E-state index in [1.807, 2.05) is 24.3 Å². The second-order valence-corrected chi connectivity index (χ2v) is 6.67. The van der Waals surface area contributed by atoms with E-state index >= 15 is 0 Å². The van der Waals surface area contributed by atoms with Crippen LogP contribution in [-0.2, 0) is 11.2 Å². The second-order valence-electron chi connectivity index (χ2n) is 6.26. The Labute approximate surface area is 131 Å². The summed E-state index contributed by atoms with van der Waals surface area (Å²) in [5, 5.41) is 13.4. The maximum Gasteiger partial charge on any atom is 0.220 e. The van der Waals surface area contributed by atoms with Crippen LogP contribution in [0.1, 0.15) is 44.6 Å². The number of benzene rings is 1. The summed E-state index contributed by atoms with van der Waals surface area (Å²) in [6.07, 6.45) is 4.88. The van der Waals surface area contributed by atoms with E-state index < -0.39 is 5.54 Å². The molecule has 1 aromatic carbocycles. The summed E-state index contributed by atoms with van der Waals surface area (Å²) in [4.78, 5) is 12.2. The highest BCUT2D eigenvalue weighted by atomic mass is 35.5. The number of carbonyl (C=O) groups is 1. The highest BCUT2D eigenvalue weighted by Crippen LogP contribution is 2.31. The number of hydrogen-bond acceptors (Lipinski definition) is 2. The van der Waals surface area contributed by atoms with Crippen molar-refractivity contribution in [2.24, 2.45) is 5.92 Å². The number of aryl methyl sites for hydroxylation is 1. The predicted octanol–water partition coefficient (Wildman–Crippen LogP) is 3.33. The van der Waals surface area contributed by atoms with E-state index in [-0.39, 0.29) is 12.5 Å². The van der Waals surface area contributed by atoms with Gasteiger partial charge in [-0.05, 0) is 49.7 Å². The van der Waals surface area contributed by atoms with Crippen LogP contribution in [0, 0.1) is 5.92 Å². The van der Waals surface area contributed by atoms with E-state index in [2.05, 4.69) is 12.2 Å². The Hall–Kier alpha value is -1.06. The average Bonchev–Trinajstić information content (AvgIpc) is 2.49. The molecule has 2 rings (SSSR count). The smallest absolute Gasteiger partial charge is 0.220 e. The van der Waals surface area contributed by atoms with E-state index in [1.165, 1.54) is 0 Å². The summed E-state index contributed by atoms with van der Waals surface area (Å²) in [6, 6.07) is 7.60. The molecule has 4 heteroatoms. The van der Waals surface area contributed by atoms with E-state index in [0.29, 0.717) is 23.8 Å². The quantitative estimate of drug-likeness (QED) is 0.876. The zero-order valence-corrected chi connectivity index (χ0v) is 13.3. The van der Waals surface area contributed by atoms with Crippen molar-refractivity contribution in [3.63, 3.8) is 0 Å². The molecule has 1 aliphatic rings. The Bertz CT molecular complexity index is 481. The van der Waals surface area contributed by atoms with Crippen molar-refractivity contribution in [3.8, 4) is 0 Å². The van der Waals surface area contributed by atoms with Crippen LogP contribution in [0.4, 0.5) is 0 Å². The summed E-state index contributed by atoms with van der Waals surface area (Å²) in [5.74, 6) is 0.684. The lowest BCUT2D eigenvalue weighted by Gasteiger charge is -2.38. The van der Waals surface area contributed by atoms with Gasteiger partial charge < -0.3 is 10.4 Å². The molecular weight excluding hydrogens is 286 g/mol. The molecule has 0 aromatic heterocycles. The van der Waals surface area contributed by atoms with Gasteiger partial charge in [0.15, 0.2) is 0 Å². The van der Waals surface area contributed by atoms with E-state index in [0.717, 1.165) is 31.2 Å². The van der Waals surface area contributed by atoms with Gasteiger partial charge in [0.2, 0.25) is 5.91 Å². The van der Waals surface area contributed by atoms with Gasteiger partial charge in [0, 0.05) is 11.4 Å². The normalized spacial score (nSPS) is 25.6. The first-order valence-corrected chi connectivity index (χ1v) is 8.08. The average molecular weight is 310 g/mol. The predicted molar refractivity (Wildman–Crippen MR) is 85.4 cm³/mol. The van der Waals surface area contributed by atoms with Gasteiger partial charge in [0.25, 0.3) is 0 Å². The molecule has 0 radical (unpaired) electrons. The van der Waals surface area contributed by atoms with Crippen molar-refractivity contribution in [2.75, 3.05) is 6.61 Å². The molecule has 21 heavy (non-hydrogen) atoms. The summed E-state index contributed by atoms with van der Waals surface area (Å²) in [7, 11) is 0. The molecule has 0 atom stereocenters. The molecule has 3 nitrogen and oxygen atoms in total. The van der Waals surface area contributed by atoms with E-state index in [9.17, 15) is 9.90 Å². The second kappa shape index (κ2) is 7.28. The molecule has 1 amide bonds. The van der Waals surface area contributed by atoms with E-state index in [1.54, 1.807) is 0 Å². The van der Waals surface area contributed by atoms with Gasteiger partial charge in [-0.1, -0.05) is 36.7 Å². The first-order valence-electron chi connectivity index (χ1n) is 7.70. The number of hydrogen-bond donors (Lipinski definition) is 2. The summed E-state index contributed by atoms with van der Waals surface area (Å²) in [6.45, 7) is 2.25. The first-order chi connectivity index (χ1) is 10.0. The lowest BCUT2D eigenvalue weighted by molar-refractivity contribution is -0.124. The van der Waals surface area contributed by atoms with Crippen LogP contribution in [0.25, 0.3) is 0 Å². The minimum Gasteiger partial charge on any atom is -0.394 e. The number of amides is 1. The molecule has 116 valence electrons. The number of carbonyl (C=O) groups excluding carboxylic acids is 1. The van der Waals surface area contributed by atoms with Gasteiger partial charge >= 0.3 is 0 Å². The van der Waals surface area contributed by atoms with Crippen molar-refractivity contribution in [1.29, 1.82) is 0 Å². The maximum atomic E-state index is 12.2. The Morgan fingerprint density at radius 3 is 2.67 bits per heavy atom. The summed E-state index contributed by atoms with van der Waals surface area (Å²) >= 11 is 6.10. The van der Waals surface area contributed by atoms with Crippen LogP contribution in [0.15, 0.2) is 24.3 Å². The molecule has 0 bridgehead atoms. The number of aliphatic hydroxyl groups is 1. The minimum absolute atomic E-state index is 0.00137. The molecular formula is C17H24ClNO2. The van der Waals surface area contributed by atoms with Crippen LogP contribution in [-0.4, -0.2) is 23.2 Å². The fourth-order valence-corrected chi connectivity index (χ4v) is 3.18. The molecule has 1 aliphatic carbocycles. The van der Waals surface area contributed by atoms with Crippen LogP contribution < -0.4 is 5.32 Å². The fraction of sp³-hybridized carbons (Fsp3) is 0.588. The third-order valence-corrected chi connectivity index (χ3v) is 4.89. The van der Waals surface area contributed by atoms with Gasteiger partial charge in [0.1, 0.15) is 0 Å². The van der Waals surface area contributed by atoms with Gasteiger partial charge in [-0.25, -0.2) is 0 Å². The Morgan fingerprint density at radius 1 is 1.38 bits per heavy atom. The Morgan fingerprint density at radius 2 is 2.05 bits per heavy atom. The standard InChI is InChI=1S/C17H24ClNO2/c1-13-8-10-17(12-20,11-9-13)19-16(21)7-6-14-4-2-3-5-15(14)18/h2-5,13,20H,6-12H2,1H3,(H,19,21). The molecule has 1 aromatic rings. The largest absolute Gasteiger partial charge is 0.394 e. The SMILES string of the molecule is CC1CCC(CO)(NC(=O)CCc2ccccc2Cl)CC1. The fourth-order valence-electron chi connectivity index (χ4n) is 2.94. The number of nitrogens with one attached hydrogen (secondary N) is 1. The summed E-state index contributed by atoms with van der Waals surface area (Å²) < 4.78 is 0. The Kier molecular flexibility index (Phi) is 5.65. The Balaban J connectivity index is 1.87. The van der Waals surface area contributed by atoms with Crippen molar-refractivity contribution in [3.05, 3.63) is 34.9 Å². The number of aliphatic hydroxyl groups excluding tert-OH is 1. The van der Waals surface area contributed by atoms with Gasteiger partial charge in [-0.2, -0.15) is 0 Å². The minimum atomic E-state index is -0.413. The highest BCUT2D eigenvalue weighted by molar-refractivity contribution is 6.31. The third kappa shape index (κ3) is 4.45. The van der Waals surface area contributed by atoms with Crippen LogP contribution in [0.2, 0.25) is 5.02 Å². The topological polar surface area (TPSA) is 49.3 Å². The van der Waals surface area contributed by atoms with Crippen LogP contribution in [0.3, 0.4) is 0 Å². The highest BCUT2D eigenvalue weighted by Gasteiger charge is 2.34. The molecule has 0 saturated heterocycles. The lowest BCUT2D eigenvalue weighted by Crippen LogP contribution is -2.53. The van der Waals surface area contributed by atoms with Crippen molar-refractivity contribution >= 4 is 17.5 Å². The maximum absolute atomic E-state index is 12.2. The molecule has 0 unspecified atom stereocenters. The van der Waals surface area contributed by atoms with Crippen LogP contribution >= 0.6 is 11.6 Å². The van der Waals surface area contributed by atoms with Gasteiger partial charge in [0.05, 0.1) is 12.1 Å². The zero-order chi connectivity index (χ0) is 15.3. The van der Waals surface area contributed by atoms with Gasteiger partial charge in [-0.3, -0.25) is 4.79 Å².